The summed E-state index contributed by atoms with van der Waals surface area (Å²) in [6.07, 6.45) is 5.90. The number of rotatable bonds is 6. The van der Waals surface area contributed by atoms with Crippen LogP contribution in [0.5, 0.6) is 0 Å². The molecular formula is C15H23Cl2N5O. The molecule has 0 aromatic carbocycles. The van der Waals surface area contributed by atoms with Crippen LogP contribution in [-0.4, -0.2) is 26.7 Å². The van der Waals surface area contributed by atoms with Gasteiger partial charge in [-0.2, -0.15) is 5.10 Å². The lowest BCUT2D eigenvalue weighted by Crippen LogP contribution is -2.41. The largest absolute Gasteiger partial charge is 0.351 e. The van der Waals surface area contributed by atoms with Crippen molar-refractivity contribution in [3.8, 4) is 5.82 Å². The van der Waals surface area contributed by atoms with Crippen molar-refractivity contribution >= 4 is 30.7 Å². The lowest BCUT2D eigenvalue weighted by atomic mass is 10.0. The third-order valence-corrected chi connectivity index (χ3v) is 3.08. The molecule has 1 atom stereocenters. The molecule has 2 rings (SSSR count). The Labute approximate surface area is 148 Å². The first-order chi connectivity index (χ1) is 10.1. The van der Waals surface area contributed by atoms with Crippen LogP contribution in [0.25, 0.3) is 5.82 Å². The van der Waals surface area contributed by atoms with E-state index >= 15 is 0 Å². The number of nitrogens with zero attached hydrogens (tertiary/aromatic N) is 3. The second-order valence-electron chi connectivity index (χ2n) is 5.43. The SMILES string of the molecule is CC(C)C[C@H](N)C(=O)NCc1ccnc(-n2cccn2)c1.Cl.Cl. The molecule has 1 amide bonds. The molecule has 2 heterocycles. The molecule has 0 aliphatic carbocycles. The second-order valence-corrected chi connectivity index (χ2v) is 5.43. The maximum atomic E-state index is 11.9. The predicted octanol–water partition coefficient (Wildman–Crippen LogP) is 2.10. The number of hydrogen-bond acceptors (Lipinski definition) is 4. The number of pyridine rings is 1. The molecule has 0 saturated carbocycles. The summed E-state index contributed by atoms with van der Waals surface area (Å²) in [6, 6.07) is 5.13. The molecule has 0 radical (unpaired) electrons. The van der Waals surface area contributed by atoms with E-state index in [9.17, 15) is 4.79 Å². The van der Waals surface area contributed by atoms with Gasteiger partial charge in [-0.1, -0.05) is 13.8 Å². The summed E-state index contributed by atoms with van der Waals surface area (Å²) in [5, 5.41) is 6.99. The van der Waals surface area contributed by atoms with E-state index in [4.69, 9.17) is 5.73 Å². The number of nitrogens with two attached hydrogens (primary N) is 1. The number of carbonyl (C=O) groups excluding carboxylic acids is 1. The normalized spacial score (nSPS) is 11.3. The van der Waals surface area contributed by atoms with Gasteiger partial charge in [0.25, 0.3) is 0 Å². The summed E-state index contributed by atoms with van der Waals surface area (Å²) < 4.78 is 1.68. The minimum absolute atomic E-state index is 0. The van der Waals surface area contributed by atoms with Crippen LogP contribution in [0.4, 0.5) is 0 Å². The second kappa shape index (κ2) is 10.2. The van der Waals surface area contributed by atoms with Gasteiger partial charge in [0.2, 0.25) is 5.91 Å². The number of nitrogens with one attached hydrogen (secondary N) is 1. The summed E-state index contributed by atoms with van der Waals surface area (Å²) >= 11 is 0. The lowest BCUT2D eigenvalue weighted by molar-refractivity contribution is -0.122. The van der Waals surface area contributed by atoms with Crippen molar-refractivity contribution in [1.82, 2.24) is 20.1 Å². The molecule has 8 heteroatoms. The zero-order valence-electron chi connectivity index (χ0n) is 13.2. The van der Waals surface area contributed by atoms with Crippen molar-refractivity contribution in [2.75, 3.05) is 0 Å². The quantitative estimate of drug-likeness (QED) is 0.826. The van der Waals surface area contributed by atoms with Gasteiger partial charge in [-0.25, -0.2) is 9.67 Å². The highest BCUT2D eigenvalue weighted by atomic mass is 35.5. The Morgan fingerprint density at radius 2 is 2.09 bits per heavy atom. The van der Waals surface area contributed by atoms with E-state index in [0.717, 1.165) is 11.4 Å². The molecule has 0 aliphatic rings. The van der Waals surface area contributed by atoms with Gasteiger partial charge in [-0.3, -0.25) is 4.79 Å². The van der Waals surface area contributed by atoms with Gasteiger partial charge in [-0.15, -0.1) is 24.8 Å². The Morgan fingerprint density at radius 1 is 1.35 bits per heavy atom. The van der Waals surface area contributed by atoms with Crippen LogP contribution in [-0.2, 0) is 11.3 Å². The van der Waals surface area contributed by atoms with Crippen LogP contribution < -0.4 is 11.1 Å². The minimum atomic E-state index is -0.461. The summed E-state index contributed by atoms with van der Waals surface area (Å²) in [6.45, 7) is 4.53. The van der Waals surface area contributed by atoms with Crippen LogP contribution in [0.2, 0.25) is 0 Å². The van der Waals surface area contributed by atoms with Crippen LogP contribution in [0.3, 0.4) is 0 Å². The van der Waals surface area contributed by atoms with Crippen LogP contribution in [0.15, 0.2) is 36.8 Å². The average molecular weight is 360 g/mol. The van der Waals surface area contributed by atoms with E-state index in [1.54, 1.807) is 17.1 Å². The van der Waals surface area contributed by atoms with Crippen LogP contribution in [0, 0.1) is 5.92 Å². The first kappa shape index (κ1) is 21.4. The van der Waals surface area contributed by atoms with E-state index < -0.39 is 6.04 Å². The van der Waals surface area contributed by atoms with E-state index in [0.29, 0.717) is 18.9 Å². The summed E-state index contributed by atoms with van der Waals surface area (Å²) in [5.41, 5.74) is 6.81. The number of amides is 1. The van der Waals surface area contributed by atoms with Crippen molar-refractivity contribution in [2.45, 2.75) is 32.9 Å². The van der Waals surface area contributed by atoms with Gasteiger partial charge in [0.1, 0.15) is 0 Å². The smallest absolute Gasteiger partial charge is 0.237 e. The summed E-state index contributed by atoms with van der Waals surface area (Å²) in [5.74, 6) is 0.998. The number of hydrogen-bond donors (Lipinski definition) is 2. The molecule has 23 heavy (non-hydrogen) atoms. The van der Waals surface area contributed by atoms with Gasteiger partial charge < -0.3 is 11.1 Å². The highest BCUT2D eigenvalue weighted by molar-refractivity contribution is 5.85. The Bertz CT molecular complexity index is 589. The highest BCUT2D eigenvalue weighted by Gasteiger charge is 2.14. The fourth-order valence-electron chi connectivity index (χ4n) is 2.04. The van der Waals surface area contributed by atoms with Gasteiger partial charge in [0.15, 0.2) is 5.82 Å². The molecule has 6 nitrogen and oxygen atoms in total. The molecule has 0 aliphatic heterocycles. The van der Waals surface area contributed by atoms with Crippen molar-refractivity contribution in [1.29, 1.82) is 0 Å². The zero-order chi connectivity index (χ0) is 15.2. The first-order valence-electron chi connectivity index (χ1n) is 7.04. The maximum Gasteiger partial charge on any atom is 0.237 e. The van der Waals surface area contributed by atoms with Crippen molar-refractivity contribution in [3.63, 3.8) is 0 Å². The van der Waals surface area contributed by atoms with E-state index in [-0.39, 0.29) is 30.7 Å². The molecule has 2 aromatic heterocycles. The number of aromatic nitrogens is 3. The highest BCUT2D eigenvalue weighted by Crippen LogP contribution is 2.07. The molecular weight excluding hydrogens is 337 g/mol. The predicted molar refractivity (Wildman–Crippen MR) is 95.1 cm³/mol. The Hall–Kier alpha value is -1.63. The van der Waals surface area contributed by atoms with Gasteiger partial charge >= 0.3 is 0 Å². The third-order valence-electron chi connectivity index (χ3n) is 3.08. The molecule has 0 spiro atoms. The van der Waals surface area contributed by atoms with Crippen molar-refractivity contribution in [2.24, 2.45) is 11.7 Å². The number of carbonyl (C=O) groups is 1. The molecule has 128 valence electrons. The summed E-state index contributed by atoms with van der Waals surface area (Å²) in [4.78, 5) is 16.1. The molecule has 2 aromatic rings. The minimum Gasteiger partial charge on any atom is -0.351 e. The monoisotopic (exact) mass is 359 g/mol. The van der Waals surface area contributed by atoms with Crippen LogP contribution in [0.1, 0.15) is 25.8 Å². The van der Waals surface area contributed by atoms with Gasteiger partial charge in [-0.05, 0) is 36.1 Å². The maximum absolute atomic E-state index is 11.9. The van der Waals surface area contributed by atoms with Gasteiger partial charge in [0, 0.05) is 25.1 Å². The Kier molecular flexibility index (Phi) is 9.48. The van der Waals surface area contributed by atoms with E-state index in [1.807, 2.05) is 38.2 Å². The van der Waals surface area contributed by atoms with E-state index in [2.05, 4.69) is 15.4 Å². The lowest BCUT2D eigenvalue weighted by Gasteiger charge is -2.14. The summed E-state index contributed by atoms with van der Waals surface area (Å²) in [7, 11) is 0. The van der Waals surface area contributed by atoms with Crippen LogP contribution >= 0.6 is 24.8 Å². The molecule has 0 unspecified atom stereocenters. The Morgan fingerprint density at radius 3 is 2.70 bits per heavy atom. The Balaban J connectivity index is 0.00000242. The fourth-order valence-corrected chi connectivity index (χ4v) is 2.04. The molecule has 0 bridgehead atoms. The molecule has 3 N–H and O–H groups in total. The molecule has 0 saturated heterocycles. The number of halogens is 2. The third kappa shape index (κ3) is 6.56. The van der Waals surface area contributed by atoms with Crippen molar-refractivity contribution in [3.05, 3.63) is 42.4 Å². The first-order valence-corrected chi connectivity index (χ1v) is 7.04. The van der Waals surface area contributed by atoms with Gasteiger partial charge in [0.05, 0.1) is 6.04 Å². The molecule has 0 fully saturated rings. The topological polar surface area (TPSA) is 85.8 Å². The zero-order valence-corrected chi connectivity index (χ0v) is 14.8. The standard InChI is InChI=1S/C15H21N5O.2ClH/c1-11(2)8-13(16)15(21)18-10-12-4-6-17-14(9-12)20-7-3-5-19-20;;/h3-7,9,11,13H,8,10,16H2,1-2H3,(H,18,21);2*1H/t13-;;/m0../s1. The van der Waals surface area contributed by atoms with Crippen molar-refractivity contribution < 1.29 is 4.79 Å². The average Bonchev–Trinajstić information content (AvgIpc) is 2.98. The van der Waals surface area contributed by atoms with E-state index in [1.165, 1.54) is 0 Å². The fraction of sp³-hybridized carbons (Fsp3) is 0.400.